The molecule has 1 aliphatic rings. The number of carbonyl (C=O) groups is 1. The van der Waals surface area contributed by atoms with Crippen LogP contribution in [0.2, 0.25) is 0 Å². The number of hydrogen-bond acceptors (Lipinski definition) is 3. The van der Waals surface area contributed by atoms with E-state index < -0.39 is 0 Å². The van der Waals surface area contributed by atoms with Gasteiger partial charge in [0.25, 0.3) is 5.91 Å². The van der Waals surface area contributed by atoms with E-state index in [1.807, 2.05) is 24.8 Å². The van der Waals surface area contributed by atoms with Gasteiger partial charge in [-0.2, -0.15) is 0 Å². The topological polar surface area (TPSA) is 46.3 Å². The fraction of sp³-hybridized carbons (Fsp3) is 0.474. The lowest BCUT2D eigenvalue weighted by Gasteiger charge is -2.39. The van der Waals surface area contributed by atoms with Crippen LogP contribution in [-0.2, 0) is 5.41 Å². The number of rotatable bonds is 3. The van der Waals surface area contributed by atoms with E-state index in [0.717, 1.165) is 31.7 Å². The van der Waals surface area contributed by atoms with Crippen molar-refractivity contribution in [3.8, 4) is 0 Å². The molecule has 0 aliphatic carbocycles. The van der Waals surface area contributed by atoms with E-state index in [1.165, 1.54) is 5.56 Å². The second-order valence-electron chi connectivity index (χ2n) is 6.99. The smallest absolute Gasteiger partial charge is 0.276 e. The van der Waals surface area contributed by atoms with Gasteiger partial charge >= 0.3 is 0 Å². The molecule has 0 saturated carbocycles. The molecule has 122 valence electrons. The minimum atomic E-state index is -0.0178. The van der Waals surface area contributed by atoms with Crippen LogP contribution < -0.4 is 0 Å². The number of benzene rings is 1. The fourth-order valence-corrected chi connectivity index (χ4v) is 3.16. The van der Waals surface area contributed by atoms with E-state index >= 15 is 0 Å². The second kappa shape index (κ2) is 6.19. The normalized spacial score (nSPS) is 17.5. The first-order chi connectivity index (χ1) is 11.0. The van der Waals surface area contributed by atoms with E-state index in [1.54, 1.807) is 6.07 Å². The number of aromatic nitrogens is 1. The second-order valence-corrected chi connectivity index (χ2v) is 6.99. The Morgan fingerprint density at radius 2 is 1.87 bits per heavy atom. The van der Waals surface area contributed by atoms with Crippen molar-refractivity contribution in [2.24, 2.45) is 0 Å². The lowest BCUT2D eigenvalue weighted by molar-refractivity contribution is 0.0665. The highest BCUT2D eigenvalue weighted by Crippen LogP contribution is 2.35. The van der Waals surface area contributed by atoms with Crippen molar-refractivity contribution < 1.29 is 9.32 Å². The maximum Gasteiger partial charge on any atom is 0.276 e. The van der Waals surface area contributed by atoms with Crippen LogP contribution in [0.5, 0.6) is 0 Å². The summed E-state index contributed by atoms with van der Waals surface area (Å²) in [6.45, 7) is 7.86. The molecule has 0 atom stereocenters. The van der Waals surface area contributed by atoms with Gasteiger partial charge in [-0.15, -0.1) is 0 Å². The molecule has 3 rings (SSSR count). The van der Waals surface area contributed by atoms with Crippen LogP contribution in [0.1, 0.15) is 61.3 Å². The molecule has 1 fully saturated rings. The van der Waals surface area contributed by atoms with Crippen LogP contribution in [0.3, 0.4) is 0 Å². The van der Waals surface area contributed by atoms with Gasteiger partial charge < -0.3 is 9.42 Å². The van der Waals surface area contributed by atoms with Gasteiger partial charge in [0.05, 0.1) is 0 Å². The largest absolute Gasteiger partial charge is 0.360 e. The average molecular weight is 312 g/mol. The number of amides is 1. The van der Waals surface area contributed by atoms with E-state index in [9.17, 15) is 4.79 Å². The summed E-state index contributed by atoms with van der Waals surface area (Å²) in [7, 11) is 0. The van der Waals surface area contributed by atoms with Gasteiger partial charge in [-0.1, -0.05) is 56.3 Å². The molecule has 1 amide bonds. The fourth-order valence-electron chi connectivity index (χ4n) is 3.16. The van der Waals surface area contributed by atoms with Crippen molar-refractivity contribution >= 4 is 5.91 Å². The van der Waals surface area contributed by atoms with Gasteiger partial charge in [0, 0.05) is 25.1 Å². The summed E-state index contributed by atoms with van der Waals surface area (Å²) in [6.07, 6.45) is 1.94. The molecule has 2 heterocycles. The van der Waals surface area contributed by atoms with Gasteiger partial charge in [0.15, 0.2) is 5.69 Å². The molecule has 0 bridgehead atoms. The Kier molecular flexibility index (Phi) is 4.24. The monoisotopic (exact) mass is 312 g/mol. The molecule has 4 heteroatoms. The summed E-state index contributed by atoms with van der Waals surface area (Å²) < 4.78 is 5.25. The molecule has 23 heavy (non-hydrogen) atoms. The highest BCUT2D eigenvalue weighted by molar-refractivity contribution is 5.92. The third kappa shape index (κ3) is 3.16. The van der Waals surface area contributed by atoms with E-state index in [0.29, 0.717) is 5.69 Å². The number of carbonyl (C=O) groups excluding carboxylic acids is 1. The van der Waals surface area contributed by atoms with Crippen LogP contribution in [0.25, 0.3) is 0 Å². The maximum absolute atomic E-state index is 12.6. The third-order valence-corrected chi connectivity index (χ3v) is 4.94. The van der Waals surface area contributed by atoms with Crippen molar-refractivity contribution in [1.82, 2.24) is 10.1 Å². The molecule has 1 aromatic carbocycles. The van der Waals surface area contributed by atoms with E-state index in [-0.39, 0.29) is 17.2 Å². The number of nitrogens with zero attached hydrogens (tertiary/aromatic N) is 2. The first-order valence-corrected chi connectivity index (χ1v) is 8.31. The Bertz CT molecular complexity index is 668. The summed E-state index contributed by atoms with van der Waals surface area (Å²) in [5.41, 5.74) is 1.93. The Morgan fingerprint density at radius 3 is 2.43 bits per heavy atom. The summed E-state index contributed by atoms with van der Waals surface area (Å²) in [5, 5.41) is 3.94. The van der Waals surface area contributed by atoms with Crippen molar-refractivity contribution in [2.45, 2.75) is 44.9 Å². The Morgan fingerprint density at radius 1 is 1.22 bits per heavy atom. The predicted molar refractivity (Wildman–Crippen MR) is 89.5 cm³/mol. The average Bonchev–Trinajstić information content (AvgIpc) is 3.06. The number of piperidine rings is 1. The van der Waals surface area contributed by atoms with E-state index in [2.05, 4.69) is 36.3 Å². The van der Waals surface area contributed by atoms with Crippen LogP contribution in [0.4, 0.5) is 0 Å². The summed E-state index contributed by atoms with van der Waals surface area (Å²) >= 11 is 0. The SMILES string of the molecule is CC(C)c1cc(C(=O)N2CCC(C)(c3ccccc3)CC2)no1. The van der Waals surface area contributed by atoms with Crippen molar-refractivity contribution in [3.63, 3.8) is 0 Å². The standard InChI is InChI=1S/C19H24N2O2/c1-14(2)17-13-16(20-23-17)18(22)21-11-9-19(3,10-12-21)15-7-5-4-6-8-15/h4-8,13-14H,9-12H2,1-3H3. The van der Waals surface area contributed by atoms with Crippen LogP contribution in [0.15, 0.2) is 40.9 Å². The van der Waals surface area contributed by atoms with Gasteiger partial charge in [-0.3, -0.25) is 4.79 Å². The predicted octanol–water partition coefficient (Wildman–Crippen LogP) is 3.99. The number of hydrogen-bond donors (Lipinski definition) is 0. The van der Waals surface area contributed by atoms with Crippen molar-refractivity contribution in [3.05, 3.63) is 53.4 Å². The molecule has 2 aromatic rings. The first kappa shape index (κ1) is 15.8. The molecular formula is C19H24N2O2. The van der Waals surface area contributed by atoms with Gasteiger partial charge in [-0.25, -0.2) is 0 Å². The molecule has 0 unspecified atom stereocenters. The first-order valence-electron chi connectivity index (χ1n) is 8.31. The zero-order chi connectivity index (χ0) is 16.4. The quantitative estimate of drug-likeness (QED) is 0.861. The molecule has 0 N–H and O–H groups in total. The lowest BCUT2D eigenvalue weighted by Crippen LogP contribution is -2.44. The Hall–Kier alpha value is -2.10. The highest BCUT2D eigenvalue weighted by atomic mass is 16.5. The van der Waals surface area contributed by atoms with Crippen LogP contribution in [0, 0.1) is 0 Å². The summed E-state index contributed by atoms with van der Waals surface area (Å²) in [6, 6.07) is 12.4. The Labute approximate surface area is 137 Å². The molecule has 1 saturated heterocycles. The summed E-state index contributed by atoms with van der Waals surface area (Å²) in [5.74, 6) is 0.988. The number of likely N-dealkylation sites (tertiary alicyclic amines) is 1. The van der Waals surface area contributed by atoms with Gasteiger partial charge in [-0.05, 0) is 23.8 Å². The molecule has 1 aliphatic heterocycles. The van der Waals surface area contributed by atoms with Crippen LogP contribution in [-0.4, -0.2) is 29.1 Å². The molecule has 0 radical (unpaired) electrons. The van der Waals surface area contributed by atoms with Gasteiger partial charge in [0.1, 0.15) is 5.76 Å². The van der Waals surface area contributed by atoms with Crippen LogP contribution >= 0.6 is 0 Å². The van der Waals surface area contributed by atoms with Gasteiger partial charge in [0.2, 0.25) is 0 Å². The summed E-state index contributed by atoms with van der Waals surface area (Å²) in [4.78, 5) is 14.5. The molecular weight excluding hydrogens is 288 g/mol. The minimum Gasteiger partial charge on any atom is -0.360 e. The van der Waals surface area contributed by atoms with Crippen molar-refractivity contribution in [1.29, 1.82) is 0 Å². The lowest BCUT2D eigenvalue weighted by atomic mass is 9.74. The highest BCUT2D eigenvalue weighted by Gasteiger charge is 2.34. The molecule has 4 nitrogen and oxygen atoms in total. The zero-order valence-corrected chi connectivity index (χ0v) is 14.1. The molecule has 0 spiro atoms. The molecule has 1 aromatic heterocycles. The maximum atomic E-state index is 12.6. The zero-order valence-electron chi connectivity index (χ0n) is 14.1. The van der Waals surface area contributed by atoms with Crippen molar-refractivity contribution in [2.75, 3.05) is 13.1 Å². The van der Waals surface area contributed by atoms with E-state index in [4.69, 9.17) is 4.52 Å². The third-order valence-electron chi connectivity index (χ3n) is 4.94. The Balaban J connectivity index is 1.67. The minimum absolute atomic E-state index is 0.0178.